The molecular formula is C14H21N3O. The lowest BCUT2D eigenvalue weighted by Crippen LogP contribution is -2.48. The molecule has 4 nitrogen and oxygen atoms in total. The summed E-state index contributed by atoms with van der Waals surface area (Å²) in [6.45, 7) is 8.81. The van der Waals surface area contributed by atoms with Crippen LogP contribution in [0.5, 0.6) is 0 Å². The molecule has 0 unspecified atom stereocenters. The Morgan fingerprint density at radius 1 is 1.28 bits per heavy atom. The minimum atomic E-state index is 0.0647. The van der Waals surface area contributed by atoms with Gasteiger partial charge in [-0.2, -0.15) is 0 Å². The second kappa shape index (κ2) is 5.96. The highest BCUT2D eigenvalue weighted by Gasteiger charge is 2.22. The van der Waals surface area contributed by atoms with Gasteiger partial charge in [-0.05, 0) is 32.0 Å². The summed E-state index contributed by atoms with van der Waals surface area (Å²) in [5.41, 5.74) is 1.46. The van der Waals surface area contributed by atoms with E-state index < -0.39 is 0 Å². The molecule has 1 aromatic rings. The van der Waals surface area contributed by atoms with Gasteiger partial charge in [-0.15, -0.1) is 0 Å². The van der Waals surface area contributed by atoms with Crippen molar-refractivity contribution < 1.29 is 4.79 Å². The van der Waals surface area contributed by atoms with Crippen LogP contribution >= 0.6 is 0 Å². The third kappa shape index (κ3) is 3.07. The normalized spacial score (nSPS) is 16.9. The van der Waals surface area contributed by atoms with Gasteiger partial charge in [0.05, 0.1) is 0 Å². The van der Waals surface area contributed by atoms with Crippen LogP contribution in [-0.2, 0) is 0 Å². The fourth-order valence-electron chi connectivity index (χ4n) is 2.31. The SMILES string of the molecule is CCCN1CCN(C(=O)c2cccc(C)n2)CC1. The van der Waals surface area contributed by atoms with Crippen molar-refractivity contribution in [3.8, 4) is 0 Å². The zero-order valence-corrected chi connectivity index (χ0v) is 11.2. The van der Waals surface area contributed by atoms with E-state index in [4.69, 9.17) is 0 Å². The second-order valence-electron chi connectivity index (χ2n) is 4.80. The molecule has 1 aliphatic heterocycles. The van der Waals surface area contributed by atoms with Crippen molar-refractivity contribution in [1.29, 1.82) is 0 Å². The summed E-state index contributed by atoms with van der Waals surface area (Å²) in [6.07, 6.45) is 1.17. The fourth-order valence-corrected chi connectivity index (χ4v) is 2.31. The van der Waals surface area contributed by atoms with Gasteiger partial charge in [-0.3, -0.25) is 9.69 Å². The first-order chi connectivity index (χ1) is 8.70. The van der Waals surface area contributed by atoms with E-state index in [0.717, 1.165) is 38.4 Å². The zero-order chi connectivity index (χ0) is 13.0. The van der Waals surface area contributed by atoms with Crippen LogP contribution in [0.15, 0.2) is 18.2 Å². The molecule has 18 heavy (non-hydrogen) atoms. The van der Waals surface area contributed by atoms with Crippen molar-refractivity contribution in [3.63, 3.8) is 0 Å². The number of carbonyl (C=O) groups is 1. The molecule has 0 N–H and O–H groups in total. The summed E-state index contributed by atoms with van der Waals surface area (Å²) >= 11 is 0. The molecule has 1 fully saturated rings. The molecule has 0 spiro atoms. The van der Waals surface area contributed by atoms with Crippen LogP contribution in [-0.4, -0.2) is 53.4 Å². The van der Waals surface area contributed by atoms with E-state index in [-0.39, 0.29) is 5.91 Å². The van der Waals surface area contributed by atoms with Gasteiger partial charge in [0.1, 0.15) is 5.69 Å². The first kappa shape index (κ1) is 13.0. The maximum absolute atomic E-state index is 12.3. The average Bonchev–Trinajstić information content (AvgIpc) is 2.39. The predicted octanol–water partition coefficient (Wildman–Crippen LogP) is 1.56. The monoisotopic (exact) mass is 247 g/mol. The summed E-state index contributed by atoms with van der Waals surface area (Å²) in [6, 6.07) is 5.60. The van der Waals surface area contributed by atoms with Crippen molar-refractivity contribution in [1.82, 2.24) is 14.8 Å². The van der Waals surface area contributed by atoms with Crippen LogP contribution in [0, 0.1) is 6.92 Å². The van der Waals surface area contributed by atoms with Crippen molar-refractivity contribution in [2.75, 3.05) is 32.7 Å². The van der Waals surface area contributed by atoms with E-state index in [9.17, 15) is 4.79 Å². The number of pyridine rings is 1. The molecule has 1 aliphatic rings. The summed E-state index contributed by atoms with van der Waals surface area (Å²) in [5.74, 6) is 0.0647. The molecule has 0 radical (unpaired) electrons. The van der Waals surface area contributed by atoms with Crippen LogP contribution in [0.4, 0.5) is 0 Å². The Labute approximate surface area is 109 Å². The lowest BCUT2D eigenvalue weighted by molar-refractivity contribution is 0.0631. The first-order valence-electron chi connectivity index (χ1n) is 6.66. The molecule has 1 aromatic heterocycles. The lowest BCUT2D eigenvalue weighted by Gasteiger charge is -2.34. The van der Waals surface area contributed by atoms with Gasteiger partial charge in [0.25, 0.3) is 5.91 Å². The molecule has 98 valence electrons. The molecule has 0 aliphatic carbocycles. The minimum absolute atomic E-state index is 0.0647. The van der Waals surface area contributed by atoms with Crippen LogP contribution < -0.4 is 0 Å². The highest BCUT2D eigenvalue weighted by atomic mass is 16.2. The second-order valence-corrected chi connectivity index (χ2v) is 4.80. The molecule has 2 rings (SSSR count). The molecule has 0 aromatic carbocycles. The van der Waals surface area contributed by atoms with Crippen molar-refractivity contribution in [2.24, 2.45) is 0 Å². The number of rotatable bonds is 3. The number of hydrogen-bond acceptors (Lipinski definition) is 3. The summed E-state index contributed by atoms with van der Waals surface area (Å²) < 4.78 is 0. The Bertz CT molecular complexity index is 411. The predicted molar refractivity (Wildman–Crippen MR) is 71.6 cm³/mol. The van der Waals surface area contributed by atoms with Crippen molar-refractivity contribution in [2.45, 2.75) is 20.3 Å². The van der Waals surface area contributed by atoms with Gasteiger partial charge in [0.2, 0.25) is 0 Å². The van der Waals surface area contributed by atoms with E-state index in [1.807, 2.05) is 24.0 Å². The quantitative estimate of drug-likeness (QED) is 0.813. The van der Waals surface area contributed by atoms with E-state index in [0.29, 0.717) is 5.69 Å². The van der Waals surface area contributed by atoms with Crippen molar-refractivity contribution in [3.05, 3.63) is 29.6 Å². The molecule has 0 bridgehead atoms. The number of nitrogens with zero attached hydrogens (tertiary/aromatic N) is 3. The zero-order valence-electron chi connectivity index (χ0n) is 11.2. The van der Waals surface area contributed by atoms with Gasteiger partial charge in [0.15, 0.2) is 0 Å². The molecule has 0 saturated carbocycles. The van der Waals surface area contributed by atoms with Gasteiger partial charge >= 0.3 is 0 Å². The molecule has 1 saturated heterocycles. The van der Waals surface area contributed by atoms with Gasteiger partial charge < -0.3 is 4.90 Å². The largest absolute Gasteiger partial charge is 0.335 e. The van der Waals surface area contributed by atoms with Crippen molar-refractivity contribution >= 4 is 5.91 Å². The number of piperazine rings is 1. The number of aromatic nitrogens is 1. The maximum Gasteiger partial charge on any atom is 0.272 e. The summed E-state index contributed by atoms with van der Waals surface area (Å²) in [4.78, 5) is 20.9. The highest BCUT2D eigenvalue weighted by Crippen LogP contribution is 2.08. The molecular weight excluding hydrogens is 226 g/mol. The third-order valence-corrected chi connectivity index (χ3v) is 3.31. The van der Waals surface area contributed by atoms with Gasteiger partial charge in [0, 0.05) is 31.9 Å². The van der Waals surface area contributed by atoms with Crippen LogP contribution in [0.1, 0.15) is 29.5 Å². The Kier molecular flexibility index (Phi) is 4.31. The summed E-state index contributed by atoms with van der Waals surface area (Å²) in [5, 5.41) is 0. The number of carbonyl (C=O) groups excluding carboxylic acids is 1. The van der Waals surface area contributed by atoms with Gasteiger partial charge in [-0.25, -0.2) is 4.98 Å². The van der Waals surface area contributed by atoms with Gasteiger partial charge in [-0.1, -0.05) is 13.0 Å². The minimum Gasteiger partial charge on any atom is -0.335 e. The lowest BCUT2D eigenvalue weighted by atomic mass is 10.2. The Hall–Kier alpha value is -1.42. The molecule has 4 heteroatoms. The fraction of sp³-hybridized carbons (Fsp3) is 0.571. The van der Waals surface area contributed by atoms with Crippen LogP contribution in [0.25, 0.3) is 0 Å². The maximum atomic E-state index is 12.3. The Morgan fingerprint density at radius 2 is 2.00 bits per heavy atom. The van der Waals surface area contributed by atoms with E-state index in [2.05, 4.69) is 16.8 Å². The van der Waals surface area contributed by atoms with Crippen LogP contribution in [0.2, 0.25) is 0 Å². The molecule has 1 amide bonds. The van der Waals surface area contributed by atoms with Crippen LogP contribution in [0.3, 0.4) is 0 Å². The highest BCUT2D eigenvalue weighted by molar-refractivity contribution is 5.92. The Morgan fingerprint density at radius 3 is 2.61 bits per heavy atom. The van der Waals surface area contributed by atoms with E-state index in [1.165, 1.54) is 6.42 Å². The average molecular weight is 247 g/mol. The topological polar surface area (TPSA) is 36.4 Å². The number of hydrogen-bond donors (Lipinski definition) is 0. The summed E-state index contributed by atoms with van der Waals surface area (Å²) in [7, 11) is 0. The van der Waals surface area contributed by atoms with E-state index in [1.54, 1.807) is 6.07 Å². The Balaban J connectivity index is 1.95. The number of amides is 1. The van der Waals surface area contributed by atoms with E-state index >= 15 is 0 Å². The smallest absolute Gasteiger partial charge is 0.272 e. The number of aryl methyl sites for hydroxylation is 1. The standard InChI is InChI=1S/C14H21N3O/c1-3-7-16-8-10-17(11-9-16)14(18)13-6-4-5-12(2)15-13/h4-6H,3,7-11H2,1-2H3. The molecule has 2 heterocycles. The third-order valence-electron chi connectivity index (χ3n) is 3.31. The first-order valence-corrected chi connectivity index (χ1v) is 6.66. The molecule has 0 atom stereocenters.